The predicted octanol–water partition coefficient (Wildman–Crippen LogP) is 1.22. The average Bonchev–Trinajstić information content (AvgIpc) is 2.99. The minimum atomic E-state index is -0.285. The minimum absolute atomic E-state index is 0.253. The van der Waals surface area contributed by atoms with E-state index < -0.39 is 0 Å². The number of rotatable bonds is 4. The Kier molecular flexibility index (Phi) is 3.51. The van der Waals surface area contributed by atoms with Gasteiger partial charge in [-0.2, -0.15) is 0 Å². The summed E-state index contributed by atoms with van der Waals surface area (Å²) in [7, 11) is 0. The molecule has 0 fully saturated rings. The third-order valence-corrected chi connectivity index (χ3v) is 3.23. The van der Waals surface area contributed by atoms with E-state index in [0.717, 1.165) is 11.1 Å². The number of hydrogen-bond donors (Lipinski definition) is 3. The van der Waals surface area contributed by atoms with Crippen LogP contribution in [0, 0.1) is 0 Å². The van der Waals surface area contributed by atoms with Gasteiger partial charge in [0.2, 0.25) is 5.56 Å². The van der Waals surface area contributed by atoms with Crippen molar-refractivity contribution < 1.29 is 4.79 Å². The second-order valence-corrected chi connectivity index (χ2v) is 4.68. The van der Waals surface area contributed by atoms with Crippen LogP contribution >= 0.6 is 0 Å². The molecule has 0 aliphatic heterocycles. The number of para-hydroxylation sites is 1. The van der Waals surface area contributed by atoms with Gasteiger partial charge in [0.15, 0.2) is 0 Å². The number of fused-ring (bicyclic) bond motifs is 1. The van der Waals surface area contributed by atoms with Crippen LogP contribution in [0.15, 0.2) is 47.7 Å². The molecule has 0 radical (unpaired) electrons. The van der Waals surface area contributed by atoms with Gasteiger partial charge < -0.3 is 15.3 Å². The molecule has 3 aromatic rings. The summed E-state index contributed by atoms with van der Waals surface area (Å²) in [5, 5.41) is 3.55. The number of carbonyl (C=O) groups is 1. The molecule has 0 aliphatic carbocycles. The first kappa shape index (κ1) is 13.1. The molecular weight excluding hydrogens is 268 g/mol. The summed E-state index contributed by atoms with van der Waals surface area (Å²) in [6, 6.07) is 8.57. The Morgan fingerprint density at radius 1 is 1.29 bits per heavy atom. The summed E-state index contributed by atoms with van der Waals surface area (Å²) in [5.41, 5.74) is 1.71. The van der Waals surface area contributed by atoms with Crippen molar-refractivity contribution in [3.8, 4) is 0 Å². The first-order valence-corrected chi connectivity index (χ1v) is 6.61. The van der Waals surface area contributed by atoms with Gasteiger partial charge in [-0.15, -0.1) is 0 Å². The second-order valence-electron chi connectivity index (χ2n) is 4.68. The minimum Gasteiger partial charge on any atom is -0.352 e. The molecule has 0 unspecified atom stereocenters. The van der Waals surface area contributed by atoms with E-state index in [9.17, 15) is 9.59 Å². The number of nitrogens with one attached hydrogen (secondary N) is 3. The zero-order chi connectivity index (χ0) is 14.7. The molecule has 0 saturated heterocycles. The summed E-state index contributed by atoms with van der Waals surface area (Å²) >= 11 is 0. The highest BCUT2D eigenvalue weighted by atomic mass is 16.2. The van der Waals surface area contributed by atoms with Crippen LogP contribution in [0.25, 0.3) is 10.9 Å². The summed E-state index contributed by atoms with van der Waals surface area (Å²) in [6.07, 6.45) is 3.98. The van der Waals surface area contributed by atoms with E-state index in [1.807, 2.05) is 18.2 Å². The number of aromatic nitrogens is 3. The van der Waals surface area contributed by atoms with Crippen LogP contribution in [0.4, 0.5) is 0 Å². The summed E-state index contributed by atoms with van der Waals surface area (Å²) in [4.78, 5) is 33.5. The molecule has 2 aromatic heterocycles. The van der Waals surface area contributed by atoms with Gasteiger partial charge in [-0.1, -0.05) is 18.2 Å². The smallest absolute Gasteiger partial charge is 0.252 e. The average molecular weight is 282 g/mol. The monoisotopic (exact) mass is 282 g/mol. The van der Waals surface area contributed by atoms with E-state index >= 15 is 0 Å². The maximum absolute atomic E-state index is 12.2. The van der Waals surface area contributed by atoms with Gasteiger partial charge in [0.05, 0.1) is 11.9 Å². The van der Waals surface area contributed by atoms with Crippen LogP contribution in [0.2, 0.25) is 0 Å². The fourth-order valence-electron chi connectivity index (χ4n) is 2.22. The normalized spacial score (nSPS) is 10.7. The van der Waals surface area contributed by atoms with Crippen molar-refractivity contribution in [2.45, 2.75) is 6.42 Å². The molecule has 0 bridgehead atoms. The van der Waals surface area contributed by atoms with Crippen molar-refractivity contribution in [3.63, 3.8) is 0 Å². The lowest BCUT2D eigenvalue weighted by Crippen LogP contribution is -2.27. The van der Waals surface area contributed by atoms with Gasteiger partial charge in [0, 0.05) is 41.8 Å². The van der Waals surface area contributed by atoms with Gasteiger partial charge in [-0.05, 0) is 6.07 Å². The first-order valence-electron chi connectivity index (χ1n) is 6.61. The molecule has 2 heterocycles. The highest BCUT2D eigenvalue weighted by Crippen LogP contribution is 2.14. The summed E-state index contributed by atoms with van der Waals surface area (Å²) in [6.45, 7) is 0.474. The van der Waals surface area contributed by atoms with E-state index in [1.54, 1.807) is 18.6 Å². The van der Waals surface area contributed by atoms with Crippen LogP contribution in [-0.2, 0) is 6.42 Å². The Morgan fingerprint density at radius 2 is 2.14 bits per heavy atom. The molecule has 0 aliphatic rings. The lowest BCUT2D eigenvalue weighted by molar-refractivity contribution is 0.0955. The van der Waals surface area contributed by atoms with Gasteiger partial charge in [0.1, 0.15) is 0 Å². The van der Waals surface area contributed by atoms with Crippen molar-refractivity contribution >= 4 is 16.8 Å². The number of benzene rings is 1. The van der Waals surface area contributed by atoms with Crippen molar-refractivity contribution in [2.75, 3.05) is 6.54 Å². The highest BCUT2D eigenvalue weighted by molar-refractivity contribution is 6.05. The van der Waals surface area contributed by atoms with Gasteiger partial charge in [0.25, 0.3) is 5.91 Å². The number of amides is 1. The molecule has 0 spiro atoms. The second kappa shape index (κ2) is 5.62. The lowest BCUT2D eigenvalue weighted by atomic mass is 10.1. The van der Waals surface area contributed by atoms with Crippen LogP contribution in [0.3, 0.4) is 0 Å². The Balaban J connectivity index is 1.79. The number of aromatic amines is 2. The molecule has 3 N–H and O–H groups in total. The Hall–Kier alpha value is -2.89. The van der Waals surface area contributed by atoms with Crippen LogP contribution in [0.1, 0.15) is 16.1 Å². The Morgan fingerprint density at radius 3 is 2.95 bits per heavy atom. The van der Waals surface area contributed by atoms with Crippen LogP contribution < -0.4 is 10.9 Å². The molecule has 1 aromatic carbocycles. The quantitative estimate of drug-likeness (QED) is 0.672. The van der Waals surface area contributed by atoms with Crippen LogP contribution in [0.5, 0.6) is 0 Å². The van der Waals surface area contributed by atoms with Crippen LogP contribution in [-0.4, -0.2) is 27.4 Å². The molecule has 0 atom stereocenters. The number of hydrogen-bond acceptors (Lipinski definition) is 3. The molecular formula is C15H14N4O2. The summed E-state index contributed by atoms with van der Waals surface area (Å²) < 4.78 is 0. The molecule has 21 heavy (non-hydrogen) atoms. The third kappa shape index (κ3) is 2.84. The number of pyridine rings is 1. The summed E-state index contributed by atoms with van der Waals surface area (Å²) in [5.74, 6) is -0.253. The maximum Gasteiger partial charge on any atom is 0.252 e. The van der Waals surface area contributed by atoms with E-state index in [4.69, 9.17) is 0 Å². The molecule has 1 amide bonds. The largest absolute Gasteiger partial charge is 0.352 e. The molecule has 3 rings (SSSR count). The fourth-order valence-corrected chi connectivity index (χ4v) is 2.22. The molecule has 6 heteroatoms. The lowest BCUT2D eigenvalue weighted by Gasteiger charge is -2.07. The highest BCUT2D eigenvalue weighted by Gasteiger charge is 2.11. The number of nitrogens with zero attached hydrogens (tertiary/aromatic N) is 1. The third-order valence-electron chi connectivity index (χ3n) is 3.23. The topological polar surface area (TPSA) is 90.6 Å². The Labute approximate surface area is 120 Å². The van der Waals surface area contributed by atoms with E-state index in [0.29, 0.717) is 24.0 Å². The van der Waals surface area contributed by atoms with Crippen molar-refractivity contribution in [1.82, 2.24) is 20.3 Å². The predicted molar refractivity (Wildman–Crippen MR) is 79.2 cm³/mol. The zero-order valence-electron chi connectivity index (χ0n) is 11.2. The fraction of sp³-hybridized carbons (Fsp3) is 0.133. The maximum atomic E-state index is 12.2. The first-order chi connectivity index (χ1) is 10.2. The van der Waals surface area contributed by atoms with E-state index in [1.165, 1.54) is 6.07 Å². The van der Waals surface area contributed by atoms with E-state index in [2.05, 4.69) is 20.3 Å². The van der Waals surface area contributed by atoms with E-state index in [-0.39, 0.29) is 11.5 Å². The standard InChI is InChI=1S/C15H14N4O2/c20-14-7-12(11-3-1-2-4-13(11)19-14)15(21)17-6-5-10-8-16-9-18-10/h1-4,7-9H,5-6H2,(H,16,18)(H,17,21)(H,19,20). The molecule has 106 valence electrons. The molecule has 6 nitrogen and oxygen atoms in total. The Bertz CT molecular complexity index is 821. The van der Waals surface area contributed by atoms with Crippen molar-refractivity contribution in [1.29, 1.82) is 0 Å². The van der Waals surface area contributed by atoms with Gasteiger partial charge >= 0.3 is 0 Å². The van der Waals surface area contributed by atoms with Crippen molar-refractivity contribution in [3.05, 3.63) is 64.5 Å². The zero-order valence-corrected chi connectivity index (χ0v) is 11.2. The van der Waals surface area contributed by atoms with Gasteiger partial charge in [-0.3, -0.25) is 9.59 Å². The van der Waals surface area contributed by atoms with Crippen molar-refractivity contribution in [2.24, 2.45) is 0 Å². The number of carbonyl (C=O) groups excluding carboxylic acids is 1. The number of H-pyrrole nitrogens is 2. The SMILES string of the molecule is O=C(NCCc1cnc[nH]1)c1cc(=O)[nH]c2ccccc12. The van der Waals surface area contributed by atoms with Gasteiger partial charge in [-0.25, -0.2) is 4.98 Å². The molecule has 0 saturated carbocycles. The number of imidazole rings is 1.